The van der Waals surface area contributed by atoms with E-state index in [1.165, 1.54) is 13.2 Å². The number of benzene rings is 1. The van der Waals surface area contributed by atoms with Crippen molar-refractivity contribution in [3.05, 3.63) is 23.3 Å². The summed E-state index contributed by atoms with van der Waals surface area (Å²) < 4.78 is 61.1. The standard InChI is InChI=1S/C14H17F4NO2/c1-20-13-5-10(9-3-2-4-19-7-9)12(21-8-15)6-11(13)14(16,17)18/h5-6,9,19H,2-4,7-8H2,1H3/t9-/m1/s1. The number of halogens is 4. The molecule has 1 aliphatic rings. The predicted octanol–water partition coefficient (Wildman–Crippen LogP) is 3.49. The van der Waals surface area contributed by atoms with Crippen LogP contribution in [0, 0.1) is 0 Å². The Balaban J connectivity index is 2.47. The molecule has 1 aliphatic heterocycles. The molecule has 1 fully saturated rings. The summed E-state index contributed by atoms with van der Waals surface area (Å²) >= 11 is 0. The van der Waals surface area contributed by atoms with E-state index in [0.717, 1.165) is 25.5 Å². The molecule has 118 valence electrons. The number of alkyl halides is 4. The lowest BCUT2D eigenvalue weighted by Gasteiger charge is -2.26. The maximum absolute atomic E-state index is 13.0. The van der Waals surface area contributed by atoms with Gasteiger partial charge in [0.2, 0.25) is 6.86 Å². The fraction of sp³-hybridized carbons (Fsp3) is 0.571. The van der Waals surface area contributed by atoms with Crippen LogP contribution < -0.4 is 14.8 Å². The van der Waals surface area contributed by atoms with E-state index in [9.17, 15) is 17.6 Å². The Bertz CT molecular complexity index is 485. The van der Waals surface area contributed by atoms with Crippen molar-refractivity contribution in [2.45, 2.75) is 24.9 Å². The SMILES string of the molecule is COc1cc([C@@H]2CCCNC2)c(OCF)cc1C(F)(F)F. The van der Waals surface area contributed by atoms with Gasteiger partial charge in [-0.25, -0.2) is 4.39 Å². The van der Waals surface area contributed by atoms with Crippen LogP contribution in [0.3, 0.4) is 0 Å². The zero-order valence-electron chi connectivity index (χ0n) is 11.6. The summed E-state index contributed by atoms with van der Waals surface area (Å²) in [6.45, 7) is 0.321. The fourth-order valence-corrected chi connectivity index (χ4v) is 2.59. The highest BCUT2D eigenvalue weighted by atomic mass is 19.4. The van der Waals surface area contributed by atoms with Crippen LogP contribution in [0.15, 0.2) is 12.1 Å². The van der Waals surface area contributed by atoms with E-state index >= 15 is 0 Å². The Hall–Kier alpha value is -1.50. The van der Waals surface area contributed by atoms with Crippen molar-refractivity contribution in [3.8, 4) is 11.5 Å². The van der Waals surface area contributed by atoms with Crippen molar-refractivity contribution in [2.24, 2.45) is 0 Å². The first kappa shape index (κ1) is 15.9. The van der Waals surface area contributed by atoms with Crippen LogP contribution in [0.1, 0.15) is 29.9 Å². The lowest BCUT2D eigenvalue weighted by Crippen LogP contribution is -2.28. The van der Waals surface area contributed by atoms with Gasteiger partial charge in [0.1, 0.15) is 17.1 Å². The second-order valence-electron chi connectivity index (χ2n) is 4.88. The summed E-state index contributed by atoms with van der Waals surface area (Å²) in [5.41, 5.74) is -0.411. The average Bonchev–Trinajstić information content (AvgIpc) is 2.47. The molecule has 0 saturated carbocycles. The summed E-state index contributed by atoms with van der Waals surface area (Å²) in [4.78, 5) is 0. The van der Waals surface area contributed by atoms with Gasteiger partial charge < -0.3 is 14.8 Å². The zero-order valence-corrected chi connectivity index (χ0v) is 11.6. The van der Waals surface area contributed by atoms with Gasteiger partial charge in [-0.1, -0.05) is 0 Å². The van der Waals surface area contributed by atoms with Gasteiger partial charge in [-0.2, -0.15) is 13.2 Å². The van der Waals surface area contributed by atoms with Crippen molar-refractivity contribution < 1.29 is 27.0 Å². The zero-order chi connectivity index (χ0) is 15.5. The normalized spacial score (nSPS) is 19.4. The topological polar surface area (TPSA) is 30.5 Å². The van der Waals surface area contributed by atoms with E-state index in [4.69, 9.17) is 9.47 Å². The average molecular weight is 307 g/mol. The molecule has 2 rings (SSSR count). The summed E-state index contributed by atoms with van der Waals surface area (Å²) in [6, 6.07) is 2.13. The first-order chi connectivity index (χ1) is 9.97. The number of nitrogens with one attached hydrogen (secondary N) is 1. The summed E-state index contributed by atoms with van der Waals surface area (Å²) in [5, 5.41) is 3.17. The van der Waals surface area contributed by atoms with Gasteiger partial charge in [0, 0.05) is 18.0 Å². The Morgan fingerprint density at radius 3 is 2.57 bits per heavy atom. The van der Waals surface area contributed by atoms with E-state index < -0.39 is 18.6 Å². The van der Waals surface area contributed by atoms with Crippen LogP contribution in [0.25, 0.3) is 0 Å². The lowest BCUT2D eigenvalue weighted by atomic mass is 9.90. The Morgan fingerprint density at radius 1 is 1.29 bits per heavy atom. The molecule has 1 saturated heterocycles. The van der Waals surface area contributed by atoms with E-state index in [1.54, 1.807) is 0 Å². The molecule has 0 spiro atoms. The maximum Gasteiger partial charge on any atom is 0.420 e. The molecular weight excluding hydrogens is 290 g/mol. The number of piperidine rings is 1. The largest absolute Gasteiger partial charge is 0.496 e. The van der Waals surface area contributed by atoms with Crippen LogP contribution in [0.4, 0.5) is 17.6 Å². The molecule has 0 amide bonds. The molecule has 1 N–H and O–H groups in total. The number of hydrogen-bond donors (Lipinski definition) is 1. The van der Waals surface area contributed by atoms with Gasteiger partial charge in [0.15, 0.2) is 0 Å². The minimum atomic E-state index is -4.58. The highest BCUT2D eigenvalue weighted by Gasteiger charge is 2.36. The van der Waals surface area contributed by atoms with Gasteiger partial charge in [-0.3, -0.25) is 0 Å². The van der Waals surface area contributed by atoms with Crippen molar-refractivity contribution in [3.63, 3.8) is 0 Å². The minimum Gasteiger partial charge on any atom is -0.496 e. The molecule has 0 unspecified atom stereocenters. The Labute approximate surface area is 120 Å². The number of rotatable bonds is 4. The summed E-state index contributed by atoms with van der Waals surface area (Å²) in [6.07, 6.45) is -2.86. The van der Waals surface area contributed by atoms with E-state index in [2.05, 4.69) is 5.32 Å². The molecule has 0 radical (unpaired) electrons. The molecule has 1 heterocycles. The molecule has 7 heteroatoms. The molecule has 3 nitrogen and oxygen atoms in total. The van der Waals surface area contributed by atoms with Crippen molar-refractivity contribution in [1.29, 1.82) is 0 Å². The third kappa shape index (κ3) is 3.58. The molecule has 0 bridgehead atoms. The van der Waals surface area contributed by atoms with Gasteiger partial charge in [0.25, 0.3) is 0 Å². The van der Waals surface area contributed by atoms with Gasteiger partial charge in [-0.05, 0) is 31.5 Å². The minimum absolute atomic E-state index is 0.0171. The van der Waals surface area contributed by atoms with E-state index in [1.807, 2.05) is 0 Å². The second-order valence-corrected chi connectivity index (χ2v) is 4.88. The van der Waals surface area contributed by atoms with Crippen molar-refractivity contribution in [2.75, 3.05) is 27.1 Å². The smallest absolute Gasteiger partial charge is 0.420 e. The third-order valence-corrected chi connectivity index (χ3v) is 3.58. The lowest BCUT2D eigenvalue weighted by molar-refractivity contribution is -0.138. The summed E-state index contributed by atoms with van der Waals surface area (Å²) in [5.74, 6) is -0.356. The highest BCUT2D eigenvalue weighted by molar-refractivity contribution is 5.49. The fourth-order valence-electron chi connectivity index (χ4n) is 2.59. The number of hydrogen-bond acceptors (Lipinski definition) is 3. The second kappa shape index (κ2) is 6.51. The van der Waals surface area contributed by atoms with Crippen LogP contribution in [0.5, 0.6) is 11.5 Å². The van der Waals surface area contributed by atoms with Crippen LogP contribution in [-0.4, -0.2) is 27.1 Å². The van der Waals surface area contributed by atoms with Crippen molar-refractivity contribution >= 4 is 0 Å². The number of methoxy groups -OCH3 is 1. The van der Waals surface area contributed by atoms with Crippen LogP contribution in [-0.2, 0) is 6.18 Å². The van der Waals surface area contributed by atoms with E-state index in [-0.39, 0.29) is 17.4 Å². The monoisotopic (exact) mass is 307 g/mol. The quantitative estimate of drug-likeness (QED) is 0.864. The third-order valence-electron chi connectivity index (χ3n) is 3.58. The first-order valence-electron chi connectivity index (χ1n) is 6.66. The highest BCUT2D eigenvalue weighted by Crippen LogP contribution is 2.43. The maximum atomic E-state index is 13.0. The molecule has 1 aromatic carbocycles. The number of ether oxygens (including phenoxy) is 2. The molecule has 21 heavy (non-hydrogen) atoms. The predicted molar refractivity (Wildman–Crippen MR) is 69.4 cm³/mol. The van der Waals surface area contributed by atoms with Crippen LogP contribution in [0.2, 0.25) is 0 Å². The molecular formula is C14H17F4NO2. The van der Waals surface area contributed by atoms with Crippen molar-refractivity contribution in [1.82, 2.24) is 5.32 Å². The Kier molecular flexibility index (Phi) is 4.92. The van der Waals surface area contributed by atoms with Gasteiger partial charge in [-0.15, -0.1) is 0 Å². The first-order valence-corrected chi connectivity index (χ1v) is 6.66. The van der Waals surface area contributed by atoms with E-state index in [0.29, 0.717) is 12.1 Å². The van der Waals surface area contributed by atoms with Gasteiger partial charge in [0.05, 0.1) is 7.11 Å². The van der Waals surface area contributed by atoms with Crippen LogP contribution >= 0.6 is 0 Å². The molecule has 1 aromatic rings. The Morgan fingerprint density at radius 2 is 2.05 bits per heavy atom. The molecule has 0 aromatic heterocycles. The summed E-state index contributed by atoms with van der Waals surface area (Å²) in [7, 11) is 1.18. The molecule has 0 aliphatic carbocycles. The van der Waals surface area contributed by atoms with Gasteiger partial charge >= 0.3 is 6.18 Å². The molecule has 1 atom stereocenters.